The molecule has 0 atom stereocenters. The van der Waals surface area contributed by atoms with Crippen molar-refractivity contribution in [3.05, 3.63) is 65.7 Å². The van der Waals surface area contributed by atoms with Gasteiger partial charge in [0.2, 0.25) is 5.91 Å². The van der Waals surface area contributed by atoms with Crippen molar-refractivity contribution < 1.29 is 22.7 Å². The molecule has 1 aromatic heterocycles. The highest BCUT2D eigenvalue weighted by molar-refractivity contribution is 7.87. The second-order valence-corrected chi connectivity index (χ2v) is 13.9. The zero-order valence-corrected chi connectivity index (χ0v) is 25.7. The second-order valence-electron chi connectivity index (χ2n) is 12.2. The van der Waals surface area contributed by atoms with E-state index in [2.05, 4.69) is 26.7 Å². The third kappa shape index (κ3) is 5.82. The van der Waals surface area contributed by atoms with E-state index in [0.717, 1.165) is 70.7 Å². The summed E-state index contributed by atoms with van der Waals surface area (Å²) < 4.78 is 36.9. The summed E-state index contributed by atoms with van der Waals surface area (Å²) in [6.07, 6.45) is 11.4. The van der Waals surface area contributed by atoms with Gasteiger partial charge in [-0.05, 0) is 85.5 Å². The van der Waals surface area contributed by atoms with Crippen LogP contribution in [0.15, 0.2) is 54.6 Å². The highest BCUT2D eigenvalue weighted by Crippen LogP contribution is 2.51. The molecular weight excluding hydrogens is 564 g/mol. The highest BCUT2D eigenvalue weighted by atomic mass is 32.2. The lowest BCUT2D eigenvalue weighted by molar-refractivity contribution is -0.126. The van der Waals surface area contributed by atoms with Crippen LogP contribution < -0.4 is 14.8 Å². The first-order chi connectivity index (χ1) is 20.7. The molecule has 2 amide bonds. The third-order valence-corrected chi connectivity index (χ3v) is 10.7. The molecule has 0 radical (unpaired) electrons. The number of methoxy groups -OCH3 is 1. The lowest BCUT2D eigenvalue weighted by Crippen LogP contribution is -2.41. The predicted molar refractivity (Wildman–Crippen MR) is 167 cm³/mol. The predicted octanol–water partition coefficient (Wildman–Crippen LogP) is 5.13. The highest BCUT2D eigenvalue weighted by Gasteiger charge is 2.50. The molecule has 2 aliphatic carbocycles. The van der Waals surface area contributed by atoms with E-state index in [0.29, 0.717) is 25.4 Å². The number of hydrogen-bond donors (Lipinski definition) is 2. The Bertz CT molecular complexity index is 1670. The maximum Gasteiger partial charge on any atom is 0.304 e. The summed E-state index contributed by atoms with van der Waals surface area (Å²) >= 11 is 0. The van der Waals surface area contributed by atoms with Gasteiger partial charge in [-0.25, -0.2) is 4.72 Å². The summed E-state index contributed by atoms with van der Waals surface area (Å²) in [5.41, 5.74) is 3.91. The number of benzene rings is 2. The molecule has 2 aromatic carbocycles. The topological polar surface area (TPSA) is 110 Å². The number of nitrogens with one attached hydrogen (secondary N) is 2. The van der Waals surface area contributed by atoms with E-state index in [1.165, 1.54) is 19.0 Å². The van der Waals surface area contributed by atoms with Gasteiger partial charge in [0.1, 0.15) is 5.75 Å². The summed E-state index contributed by atoms with van der Waals surface area (Å²) in [5, 5.41) is 4.18. The van der Waals surface area contributed by atoms with E-state index in [9.17, 15) is 18.0 Å². The number of rotatable bonds is 3. The van der Waals surface area contributed by atoms with Gasteiger partial charge < -0.3 is 14.6 Å². The molecule has 2 N–H and O–H groups in total. The van der Waals surface area contributed by atoms with E-state index >= 15 is 0 Å². The molecule has 228 valence electrons. The minimum Gasteiger partial charge on any atom is -0.497 e. The van der Waals surface area contributed by atoms with Crippen LogP contribution in [0.25, 0.3) is 22.2 Å². The maximum absolute atomic E-state index is 13.6. The van der Waals surface area contributed by atoms with Crippen LogP contribution in [0.4, 0.5) is 0 Å². The van der Waals surface area contributed by atoms with Crippen LogP contribution in [0, 0.1) is 5.41 Å². The number of hydrogen-bond acceptors (Lipinski definition) is 5. The Kier molecular flexibility index (Phi) is 8.08. The molecule has 1 aliphatic heterocycles. The summed E-state index contributed by atoms with van der Waals surface area (Å²) in [5.74, 6) is 0.469. The van der Waals surface area contributed by atoms with Crippen molar-refractivity contribution in [2.24, 2.45) is 5.41 Å². The first-order valence-electron chi connectivity index (χ1n) is 15.2. The van der Waals surface area contributed by atoms with Crippen molar-refractivity contribution in [1.82, 2.24) is 18.9 Å². The van der Waals surface area contributed by atoms with Gasteiger partial charge in [0.05, 0.1) is 18.2 Å². The van der Waals surface area contributed by atoms with Gasteiger partial charge in [-0.3, -0.25) is 9.59 Å². The standard InChI is InChI=1S/C33H40N4O5S/c1-36-20-8-4-7-19-34-32(39)33(17-18-33)22-37-28-21-25(31(38)35-43(36,40)41)13-16-27(28)29(23-9-5-3-6-10-23)30(37)24-11-14-26(42-2)15-12-24/h4,8,11-16,21,23H,3,5-7,9-10,17-20,22H2,1-2H3,(H,34,39)(H,35,38). The Morgan fingerprint density at radius 3 is 2.37 bits per heavy atom. The number of nitrogens with zero attached hydrogens (tertiary/aromatic N) is 2. The molecule has 3 aliphatic rings. The molecule has 9 nitrogen and oxygen atoms in total. The van der Waals surface area contributed by atoms with Crippen molar-refractivity contribution in [3.63, 3.8) is 0 Å². The lowest BCUT2D eigenvalue weighted by atomic mass is 9.81. The zero-order chi connectivity index (χ0) is 30.2. The van der Waals surface area contributed by atoms with Gasteiger partial charge in [-0.15, -0.1) is 0 Å². The van der Waals surface area contributed by atoms with Crippen LogP contribution in [0.3, 0.4) is 0 Å². The average molecular weight is 605 g/mol. The maximum atomic E-state index is 13.6. The van der Waals surface area contributed by atoms with Crippen molar-refractivity contribution in [2.75, 3.05) is 27.2 Å². The molecule has 0 unspecified atom stereocenters. The number of carbonyl (C=O) groups is 2. The SMILES string of the molecule is COc1ccc(-c2c(C3CCCCC3)c3ccc4cc3n2CC2(CC2)C(=O)NCCC=CCN(C)S(=O)(=O)NC4=O)cc1. The molecular formula is C33H40N4O5S. The van der Waals surface area contributed by atoms with Crippen molar-refractivity contribution >= 4 is 32.9 Å². The van der Waals surface area contributed by atoms with Gasteiger partial charge in [0.15, 0.2) is 0 Å². The van der Waals surface area contributed by atoms with Crippen LogP contribution in [-0.2, 0) is 21.5 Å². The molecule has 2 bridgehead atoms. The summed E-state index contributed by atoms with van der Waals surface area (Å²) in [6, 6.07) is 13.5. The smallest absolute Gasteiger partial charge is 0.304 e. The van der Waals surface area contributed by atoms with Crippen molar-refractivity contribution in [3.8, 4) is 17.0 Å². The fourth-order valence-corrected chi connectivity index (χ4v) is 7.40. The molecule has 10 heteroatoms. The molecule has 2 fully saturated rings. The number of carbonyl (C=O) groups excluding carboxylic acids is 2. The Morgan fingerprint density at radius 1 is 0.953 bits per heavy atom. The van der Waals surface area contributed by atoms with E-state index in [-0.39, 0.29) is 18.0 Å². The number of amides is 2. The van der Waals surface area contributed by atoms with Crippen molar-refractivity contribution in [2.45, 2.75) is 63.8 Å². The molecule has 0 saturated heterocycles. The van der Waals surface area contributed by atoms with E-state index in [1.54, 1.807) is 25.3 Å². The lowest BCUT2D eigenvalue weighted by Gasteiger charge is -2.24. The molecule has 43 heavy (non-hydrogen) atoms. The Labute approximate surface area is 253 Å². The molecule has 6 rings (SSSR count). The van der Waals surface area contributed by atoms with Crippen molar-refractivity contribution in [1.29, 1.82) is 0 Å². The normalized spacial score (nSPS) is 21.4. The monoisotopic (exact) mass is 604 g/mol. The fraction of sp³-hybridized carbons (Fsp3) is 0.455. The number of fused-ring (bicyclic) bond motifs is 1. The van der Waals surface area contributed by atoms with Crippen LogP contribution in [0.1, 0.15) is 73.2 Å². The Hall–Kier alpha value is -3.63. The Balaban J connectivity index is 1.56. The summed E-state index contributed by atoms with van der Waals surface area (Å²) in [6.45, 7) is 1.06. The van der Waals surface area contributed by atoms with E-state index in [4.69, 9.17) is 4.74 Å². The summed E-state index contributed by atoms with van der Waals surface area (Å²) in [7, 11) is -0.972. The van der Waals surface area contributed by atoms with Gasteiger partial charge in [-0.2, -0.15) is 12.7 Å². The van der Waals surface area contributed by atoms with E-state index in [1.807, 2.05) is 24.3 Å². The van der Waals surface area contributed by atoms with E-state index < -0.39 is 21.5 Å². The van der Waals surface area contributed by atoms with Gasteiger partial charge in [-0.1, -0.05) is 37.5 Å². The Morgan fingerprint density at radius 2 is 1.67 bits per heavy atom. The molecule has 3 aromatic rings. The quantitative estimate of drug-likeness (QED) is 0.403. The van der Waals surface area contributed by atoms with Crippen LogP contribution in [0.2, 0.25) is 0 Å². The second kappa shape index (κ2) is 11.8. The summed E-state index contributed by atoms with van der Waals surface area (Å²) in [4.78, 5) is 27.0. The van der Waals surface area contributed by atoms with Crippen LogP contribution in [-0.4, -0.2) is 56.4 Å². The zero-order valence-electron chi connectivity index (χ0n) is 24.9. The largest absolute Gasteiger partial charge is 0.497 e. The minimum atomic E-state index is -4.05. The van der Waals surface area contributed by atoms with Gasteiger partial charge in [0.25, 0.3) is 5.91 Å². The third-order valence-electron chi connectivity index (χ3n) is 9.30. The first-order valence-corrected chi connectivity index (χ1v) is 16.7. The number of likely N-dealkylation sites (N-methyl/N-ethyl adjacent to an activating group) is 1. The number of aromatic nitrogens is 1. The molecule has 1 spiro atoms. The van der Waals surface area contributed by atoms with Crippen LogP contribution >= 0.6 is 0 Å². The fourth-order valence-electron chi connectivity index (χ4n) is 6.61. The molecule has 2 saturated carbocycles. The first kappa shape index (κ1) is 29.4. The van der Waals surface area contributed by atoms with Gasteiger partial charge in [0, 0.05) is 43.1 Å². The van der Waals surface area contributed by atoms with Crippen LogP contribution in [0.5, 0.6) is 5.75 Å². The average Bonchev–Trinajstić information content (AvgIpc) is 3.74. The molecule has 2 heterocycles. The number of ether oxygens (including phenoxy) is 1. The minimum absolute atomic E-state index is 0.0422. The van der Waals surface area contributed by atoms with Gasteiger partial charge >= 0.3 is 10.2 Å².